The Balaban J connectivity index is 1.67. The van der Waals surface area contributed by atoms with Gasteiger partial charge in [-0.3, -0.25) is 14.4 Å². The van der Waals surface area contributed by atoms with Crippen molar-refractivity contribution in [2.75, 3.05) is 7.11 Å². The van der Waals surface area contributed by atoms with Crippen LogP contribution in [0.5, 0.6) is 0 Å². The molecular weight excluding hydrogens is 392 g/mol. The number of hydrogen-bond acceptors (Lipinski definition) is 5. The highest BCUT2D eigenvalue weighted by Crippen LogP contribution is 2.54. The van der Waals surface area contributed by atoms with Crippen LogP contribution in [0.25, 0.3) is 0 Å². The van der Waals surface area contributed by atoms with Gasteiger partial charge in [0.25, 0.3) is 0 Å². The van der Waals surface area contributed by atoms with Crippen molar-refractivity contribution in [3.05, 3.63) is 11.6 Å². The first-order valence-corrected chi connectivity index (χ1v) is 12.4. The number of ketones is 1. The van der Waals surface area contributed by atoms with Crippen molar-refractivity contribution in [2.24, 2.45) is 23.2 Å². The average molecular weight is 433 g/mol. The number of esters is 2. The van der Waals surface area contributed by atoms with Gasteiger partial charge in [-0.1, -0.05) is 19.4 Å². The molecule has 2 fully saturated rings. The van der Waals surface area contributed by atoms with Crippen LogP contribution in [-0.4, -0.2) is 30.9 Å². The molecule has 0 aliphatic heterocycles. The Kier molecular flexibility index (Phi) is 8.35. The minimum Gasteiger partial charge on any atom is -0.469 e. The number of carbonyl (C=O) groups is 3. The summed E-state index contributed by atoms with van der Waals surface area (Å²) in [6.45, 7) is 4.61. The van der Waals surface area contributed by atoms with Crippen LogP contribution >= 0.6 is 0 Å². The molecule has 5 nitrogen and oxygen atoms in total. The van der Waals surface area contributed by atoms with E-state index in [0.717, 1.165) is 57.8 Å². The number of allylic oxidation sites excluding steroid dienone is 2. The van der Waals surface area contributed by atoms with Crippen LogP contribution in [0.1, 0.15) is 97.3 Å². The molecule has 0 aromatic rings. The number of carbonyl (C=O) groups excluding carboxylic acids is 3. The molecule has 174 valence electrons. The zero-order valence-electron chi connectivity index (χ0n) is 19.6. The quantitative estimate of drug-likeness (QED) is 0.514. The monoisotopic (exact) mass is 432 g/mol. The summed E-state index contributed by atoms with van der Waals surface area (Å²) < 4.78 is 10.7. The molecule has 0 heterocycles. The third kappa shape index (κ3) is 5.59. The van der Waals surface area contributed by atoms with E-state index in [9.17, 15) is 14.4 Å². The molecule has 0 radical (unpaired) electrons. The summed E-state index contributed by atoms with van der Waals surface area (Å²) in [7, 11) is 1.37. The first-order valence-electron chi connectivity index (χ1n) is 12.4. The van der Waals surface area contributed by atoms with Crippen molar-refractivity contribution >= 4 is 17.7 Å². The topological polar surface area (TPSA) is 69.7 Å². The number of methoxy groups -OCH3 is 1. The lowest BCUT2D eigenvalue weighted by molar-refractivity contribution is -0.157. The van der Waals surface area contributed by atoms with E-state index in [1.54, 1.807) is 0 Å². The first-order chi connectivity index (χ1) is 14.9. The Hall–Kier alpha value is -1.65. The van der Waals surface area contributed by atoms with Crippen LogP contribution in [0.2, 0.25) is 0 Å². The fourth-order valence-electron chi connectivity index (χ4n) is 6.58. The van der Waals surface area contributed by atoms with E-state index in [0.29, 0.717) is 36.4 Å². The molecule has 3 rings (SSSR count). The lowest BCUT2D eigenvalue weighted by atomic mass is 9.65. The van der Waals surface area contributed by atoms with Crippen molar-refractivity contribution in [3.8, 4) is 0 Å². The molecule has 0 aromatic carbocycles. The van der Waals surface area contributed by atoms with Gasteiger partial charge in [-0.25, -0.2) is 0 Å². The summed E-state index contributed by atoms with van der Waals surface area (Å²) in [6, 6.07) is 0. The molecule has 3 aliphatic carbocycles. The molecule has 0 N–H and O–H groups in total. The van der Waals surface area contributed by atoms with Gasteiger partial charge in [0.15, 0.2) is 5.78 Å². The molecule has 5 heteroatoms. The standard InChI is InChI=1S/C26H40O5/c1-4-26-16-15-18(2)22-13-12-21(27)17-19(22)7-5-8-20(26)11-14-23(26)31-25(29)10-6-9-24(28)30-3/h17-18,20,22-23H,4-16H2,1-3H3. The number of ether oxygens (including phenoxy) is 2. The highest BCUT2D eigenvalue weighted by atomic mass is 16.5. The van der Waals surface area contributed by atoms with Crippen LogP contribution in [0.3, 0.4) is 0 Å². The summed E-state index contributed by atoms with van der Waals surface area (Å²) in [5.41, 5.74) is 1.46. The predicted octanol–water partition coefficient (Wildman–Crippen LogP) is 5.55. The fraction of sp³-hybridized carbons (Fsp3) is 0.808. The van der Waals surface area contributed by atoms with Crippen molar-refractivity contribution in [1.82, 2.24) is 0 Å². The minimum absolute atomic E-state index is 0.0114. The minimum atomic E-state index is -0.280. The highest BCUT2D eigenvalue weighted by molar-refractivity contribution is 5.91. The number of rotatable bonds is 6. The molecule has 5 unspecified atom stereocenters. The molecular formula is C26H40O5. The van der Waals surface area contributed by atoms with Gasteiger partial charge < -0.3 is 9.47 Å². The second kappa shape index (κ2) is 10.8. The lowest BCUT2D eigenvalue weighted by Gasteiger charge is -2.42. The van der Waals surface area contributed by atoms with Gasteiger partial charge >= 0.3 is 11.9 Å². The summed E-state index contributed by atoms with van der Waals surface area (Å²) >= 11 is 0. The summed E-state index contributed by atoms with van der Waals surface area (Å²) in [5, 5.41) is 0. The molecule has 5 atom stereocenters. The Morgan fingerprint density at radius 3 is 2.58 bits per heavy atom. The fourth-order valence-corrected chi connectivity index (χ4v) is 6.58. The molecule has 31 heavy (non-hydrogen) atoms. The molecule has 0 amide bonds. The van der Waals surface area contributed by atoms with Crippen LogP contribution in [0.4, 0.5) is 0 Å². The van der Waals surface area contributed by atoms with Crippen LogP contribution in [0.15, 0.2) is 11.6 Å². The van der Waals surface area contributed by atoms with Gasteiger partial charge in [0, 0.05) is 24.7 Å². The van der Waals surface area contributed by atoms with Crippen molar-refractivity contribution in [3.63, 3.8) is 0 Å². The maximum atomic E-state index is 12.5. The van der Waals surface area contributed by atoms with Crippen molar-refractivity contribution < 1.29 is 23.9 Å². The first kappa shape index (κ1) is 24.0. The molecule has 0 spiro atoms. The Morgan fingerprint density at radius 2 is 1.84 bits per heavy atom. The van der Waals surface area contributed by atoms with E-state index in [4.69, 9.17) is 4.74 Å². The van der Waals surface area contributed by atoms with Crippen LogP contribution in [-0.2, 0) is 23.9 Å². The molecule has 0 bridgehead atoms. The number of hydrogen-bond donors (Lipinski definition) is 0. The van der Waals surface area contributed by atoms with E-state index in [1.165, 1.54) is 12.7 Å². The van der Waals surface area contributed by atoms with Gasteiger partial charge in [0.2, 0.25) is 0 Å². The van der Waals surface area contributed by atoms with Crippen molar-refractivity contribution in [1.29, 1.82) is 0 Å². The largest absolute Gasteiger partial charge is 0.469 e. The van der Waals surface area contributed by atoms with Crippen LogP contribution in [0, 0.1) is 23.2 Å². The van der Waals surface area contributed by atoms with Gasteiger partial charge in [0.1, 0.15) is 6.10 Å². The smallest absolute Gasteiger partial charge is 0.306 e. The Morgan fingerprint density at radius 1 is 1.06 bits per heavy atom. The predicted molar refractivity (Wildman–Crippen MR) is 119 cm³/mol. The molecule has 0 aromatic heterocycles. The summed E-state index contributed by atoms with van der Waals surface area (Å²) in [4.78, 5) is 35.8. The van der Waals surface area contributed by atoms with Gasteiger partial charge in [-0.05, 0) is 88.0 Å². The molecule has 0 saturated heterocycles. The summed E-state index contributed by atoms with van der Waals surface area (Å²) in [5.74, 6) is 1.51. The third-order valence-corrected chi connectivity index (χ3v) is 8.45. The second-order valence-corrected chi connectivity index (χ2v) is 10.0. The lowest BCUT2D eigenvalue weighted by Crippen LogP contribution is -2.39. The van der Waals surface area contributed by atoms with Gasteiger partial charge in [-0.2, -0.15) is 0 Å². The second-order valence-electron chi connectivity index (χ2n) is 10.0. The normalized spacial score (nSPS) is 33.6. The van der Waals surface area contributed by atoms with E-state index in [2.05, 4.69) is 18.6 Å². The third-order valence-electron chi connectivity index (χ3n) is 8.45. The Labute approximate surface area is 187 Å². The Bertz CT molecular complexity index is 696. The van der Waals surface area contributed by atoms with E-state index < -0.39 is 0 Å². The highest BCUT2D eigenvalue weighted by Gasteiger charge is 2.50. The summed E-state index contributed by atoms with van der Waals surface area (Å²) in [6.07, 6.45) is 13.2. The zero-order chi connectivity index (χ0) is 22.4. The molecule has 3 aliphatic rings. The zero-order valence-corrected chi connectivity index (χ0v) is 19.6. The van der Waals surface area contributed by atoms with Crippen molar-refractivity contribution in [2.45, 2.75) is 103 Å². The van der Waals surface area contributed by atoms with Gasteiger partial charge in [-0.15, -0.1) is 0 Å². The molecule has 2 saturated carbocycles. The maximum absolute atomic E-state index is 12.5. The van der Waals surface area contributed by atoms with Crippen LogP contribution < -0.4 is 0 Å². The van der Waals surface area contributed by atoms with Gasteiger partial charge in [0.05, 0.1) is 7.11 Å². The average Bonchev–Trinajstić information content (AvgIpc) is 3.09. The van der Waals surface area contributed by atoms with E-state index in [1.807, 2.05) is 6.08 Å². The SMILES string of the molecule is CCC12CCC(C)C3CCC(=O)C=C3CCCC1CCC2OC(=O)CCCC(=O)OC. The van der Waals surface area contributed by atoms with E-state index in [-0.39, 0.29) is 36.3 Å². The maximum Gasteiger partial charge on any atom is 0.306 e. The van der Waals surface area contributed by atoms with E-state index >= 15 is 0 Å². The number of fused-ring (bicyclic) bond motifs is 2.